The fourth-order valence-corrected chi connectivity index (χ4v) is 4.67. The van der Waals surface area contributed by atoms with Crippen LogP contribution < -0.4 is 0 Å². The van der Waals surface area contributed by atoms with Gasteiger partial charge in [-0.15, -0.1) is 32.9 Å². The summed E-state index contributed by atoms with van der Waals surface area (Å²) in [6.45, 7) is 3.97. The predicted octanol–water partition coefficient (Wildman–Crippen LogP) is 3.87. The van der Waals surface area contributed by atoms with Crippen LogP contribution in [0.4, 0.5) is 0 Å². The lowest BCUT2D eigenvalue weighted by Crippen LogP contribution is -2.15. The molecule has 5 nitrogen and oxygen atoms in total. The molecule has 0 spiro atoms. The van der Waals surface area contributed by atoms with Gasteiger partial charge in [-0.1, -0.05) is 6.07 Å². The zero-order valence-electron chi connectivity index (χ0n) is 13.4. The molecule has 0 aliphatic heterocycles. The Labute approximate surface area is 148 Å². The molecule has 0 saturated carbocycles. The van der Waals surface area contributed by atoms with Gasteiger partial charge in [0.25, 0.3) is 0 Å². The van der Waals surface area contributed by atoms with Gasteiger partial charge in [-0.3, -0.25) is 0 Å². The van der Waals surface area contributed by atoms with Crippen molar-refractivity contribution in [3.8, 4) is 10.7 Å². The van der Waals surface area contributed by atoms with E-state index in [0.29, 0.717) is 0 Å². The molecule has 3 heterocycles. The fraction of sp³-hybridized carbons (Fsp3) is 0.400. The maximum atomic E-state index is 4.52. The Hall–Kier alpha value is -1.22. The monoisotopic (exact) mass is 365 g/mol. The predicted molar refractivity (Wildman–Crippen MR) is 97.5 cm³/mol. The fourth-order valence-electron chi connectivity index (χ4n) is 2.16. The smallest absolute Gasteiger partial charge is 0.198 e. The molecule has 3 aromatic rings. The van der Waals surface area contributed by atoms with Crippen molar-refractivity contribution in [2.45, 2.75) is 29.4 Å². The van der Waals surface area contributed by atoms with E-state index in [-0.39, 0.29) is 0 Å². The highest BCUT2D eigenvalue weighted by Crippen LogP contribution is 2.32. The van der Waals surface area contributed by atoms with Crippen LogP contribution in [0.3, 0.4) is 0 Å². The van der Waals surface area contributed by atoms with Crippen LogP contribution in [-0.2, 0) is 6.54 Å². The van der Waals surface area contributed by atoms with Crippen molar-refractivity contribution in [2.24, 2.45) is 0 Å². The minimum atomic E-state index is 0.908. The molecule has 23 heavy (non-hydrogen) atoms. The Balaban J connectivity index is 1.85. The zero-order valence-corrected chi connectivity index (χ0v) is 15.8. The van der Waals surface area contributed by atoms with Gasteiger partial charge in [0.1, 0.15) is 0 Å². The molecular formula is C15H19N5S3. The van der Waals surface area contributed by atoms with E-state index in [2.05, 4.69) is 61.6 Å². The van der Waals surface area contributed by atoms with E-state index >= 15 is 0 Å². The molecule has 0 aliphatic rings. The Bertz CT molecular complexity index is 745. The number of rotatable bonds is 7. The quantitative estimate of drug-likeness (QED) is 0.636. The number of nitrogens with zero attached hydrogens (tertiary/aromatic N) is 5. The number of hydrogen-bond acceptors (Lipinski definition) is 7. The second-order valence-electron chi connectivity index (χ2n) is 5.45. The van der Waals surface area contributed by atoms with Crippen LogP contribution in [0.5, 0.6) is 0 Å². The highest BCUT2D eigenvalue weighted by molar-refractivity contribution is 8.00. The summed E-state index contributed by atoms with van der Waals surface area (Å²) >= 11 is 4.95. The van der Waals surface area contributed by atoms with Crippen molar-refractivity contribution in [3.63, 3.8) is 0 Å². The molecule has 0 unspecified atom stereocenters. The molecule has 0 bridgehead atoms. The summed E-state index contributed by atoms with van der Waals surface area (Å²) in [4.78, 5) is 7.88. The van der Waals surface area contributed by atoms with Gasteiger partial charge in [0, 0.05) is 17.6 Å². The highest BCUT2D eigenvalue weighted by Gasteiger charge is 2.16. The lowest BCUT2D eigenvalue weighted by atomic mass is 10.4. The summed E-state index contributed by atoms with van der Waals surface area (Å²) in [5.74, 6) is 0.953. The standard InChI is InChI=1S/C15H19N5S3/c1-11-10-22-15(16-11)23-14-18-17-13(12-6-4-9-21-12)20(14)8-5-7-19(2)3/h4,6,9-10H,5,7-8H2,1-3H3. The van der Waals surface area contributed by atoms with E-state index in [1.54, 1.807) is 34.4 Å². The van der Waals surface area contributed by atoms with Crippen LogP contribution >= 0.6 is 34.4 Å². The first-order valence-corrected chi connectivity index (χ1v) is 9.93. The summed E-state index contributed by atoms with van der Waals surface area (Å²) in [5, 5.41) is 13.9. The molecule has 3 aromatic heterocycles. The molecule has 0 amide bonds. The van der Waals surface area contributed by atoms with E-state index in [4.69, 9.17) is 0 Å². The Kier molecular flexibility index (Phi) is 5.47. The number of aromatic nitrogens is 4. The first kappa shape index (κ1) is 16.6. The number of thiophene rings is 1. The summed E-state index contributed by atoms with van der Waals surface area (Å²) in [7, 11) is 4.20. The van der Waals surface area contributed by atoms with Crippen molar-refractivity contribution in [3.05, 3.63) is 28.6 Å². The highest BCUT2D eigenvalue weighted by atomic mass is 32.2. The van der Waals surface area contributed by atoms with Crippen LogP contribution in [0, 0.1) is 6.92 Å². The van der Waals surface area contributed by atoms with Crippen molar-refractivity contribution in [2.75, 3.05) is 20.6 Å². The third-order valence-electron chi connectivity index (χ3n) is 3.22. The first-order valence-electron chi connectivity index (χ1n) is 7.35. The molecular weight excluding hydrogens is 346 g/mol. The molecule has 8 heteroatoms. The van der Waals surface area contributed by atoms with Crippen molar-refractivity contribution < 1.29 is 0 Å². The van der Waals surface area contributed by atoms with E-state index in [0.717, 1.165) is 45.4 Å². The number of hydrogen-bond donors (Lipinski definition) is 0. The van der Waals surface area contributed by atoms with E-state index in [1.807, 2.05) is 6.92 Å². The van der Waals surface area contributed by atoms with Gasteiger partial charge in [0.15, 0.2) is 15.3 Å². The number of thiazole rings is 1. The average molecular weight is 366 g/mol. The van der Waals surface area contributed by atoms with Crippen molar-refractivity contribution >= 4 is 34.4 Å². The lowest BCUT2D eigenvalue weighted by molar-refractivity contribution is 0.383. The Morgan fingerprint density at radius 1 is 1.26 bits per heavy atom. The summed E-state index contributed by atoms with van der Waals surface area (Å²) < 4.78 is 3.23. The maximum Gasteiger partial charge on any atom is 0.198 e. The van der Waals surface area contributed by atoms with Crippen molar-refractivity contribution in [1.82, 2.24) is 24.6 Å². The third-order valence-corrected chi connectivity index (χ3v) is 6.13. The second kappa shape index (κ2) is 7.57. The lowest BCUT2D eigenvalue weighted by Gasteiger charge is -2.12. The van der Waals surface area contributed by atoms with E-state index < -0.39 is 0 Å². The van der Waals surface area contributed by atoms with E-state index in [9.17, 15) is 0 Å². The molecule has 0 N–H and O–H groups in total. The SMILES string of the molecule is Cc1csc(Sc2nnc(-c3cccs3)n2CCCN(C)C)n1. The Morgan fingerprint density at radius 3 is 2.78 bits per heavy atom. The second-order valence-corrected chi connectivity index (χ2v) is 8.47. The minimum Gasteiger partial charge on any atom is -0.309 e. The van der Waals surface area contributed by atoms with Gasteiger partial charge in [0.2, 0.25) is 0 Å². The molecule has 3 rings (SSSR count). The normalized spacial score (nSPS) is 11.5. The van der Waals surface area contributed by atoms with Gasteiger partial charge in [-0.2, -0.15) is 0 Å². The Morgan fingerprint density at radius 2 is 2.13 bits per heavy atom. The molecule has 0 saturated heterocycles. The maximum absolute atomic E-state index is 4.52. The van der Waals surface area contributed by atoms with Crippen LogP contribution in [0.1, 0.15) is 12.1 Å². The summed E-state index contributed by atoms with van der Waals surface area (Å²) in [6.07, 6.45) is 1.06. The van der Waals surface area contributed by atoms with Gasteiger partial charge < -0.3 is 9.47 Å². The summed E-state index contributed by atoms with van der Waals surface area (Å²) in [5.41, 5.74) is 1.05. The third kappa shape index (κ3) is 4.20. The van der Waals surface area contributed by atoms with Gasteiger partial charge in [0.05, 0.1) is 4.88 Å². The van der Waals surface area contributed by atoms with Crippen LogP contribution in [-0.4, -0.2) is 45.3 Å². The van der Waals surface area contributed by atoms with Gasteiger partial charge >= 0.3 is 0 Å². The molecule has 0 radical (unpaired) electrons. The first-order chi connectivity index (χ1) is 11.1. The van der Waals surface area contributed by atoms with Crippen LogP contribution in [0.15, 0.2) is 32.4 Å². The van der Waals surface area contributed by atoms with Gasteiger partial charge in [-0.05, 0) is 57.2 Å². The molecule has 0 aromatic carbocycles. The number of aryl methyl sites for hydroxylation is 1. The zero-order chi connectivity index (χ0) is 16.2. The topological polar surface area (TPSA) is 46.8 Å². The largest absolute Gasteiger partial charge is 0.309 e. The molecule has 0 fully saturated rings. The minimum absolute atomic E-state index is 0.908. The molecule has 122 valence electrons. The van der Waals surface area contributed by atoms with E-state index in [1.165, 1.54) is 0 Å². The summed E-state index contributed by atoms with van der Waals surface area (Å²) in [6, 6.07) is 4.15. The van der Waals surface area contributed by atoms with Gasteiger partial charge in [-0.25, -0.2) is 4.98 Å². The van der Waals surface area contributed by atoms with Crippen LogP contribution in [0.25, 0.3) is 10.7 Å². The average Bonchev–Trinajstić information content (AvgIpc) is 3.21. The van der Waals surface area contributed by atoms with Crippen molar-refractivity contribution in [1.29, 1.82) is 0 Å². The molecule has 0 atom stereocenters. The van der Waals surface area contributed by atoms with Crippen LogP contribution in [0.2, 0.25) is 0 Å². The molecule has 0 aliphatic carbocycles.